The molecule has 7 heteroatoms. The third-order valence-electron chi connectivity index (χ3n) is 5.62. The van der Waals surface area contributed by atoms with Gasteiger partial charge in [-0.3, -0.25) is 0 Å². The number of aromatic nitrogens is 1. The summed E-state index contributed by atoms with van der Waals surface area (Å²) in [5.74, 6) is 1.69. The van der Waals surface area contributed by atoms with Crippen molar-refractivity contribution >= 4 is 6.03 Å². The van der Waals surface area contributed by atoms with Gasteiger partial charge in [-0.25, -0.2) is 4.79 Å². The summed E-state index contributed by atoms with van der Waals surface area (Å²) in [6.07, 6.45) is 3.86. The van der Waals surface area contributed by atoms with Crippen LogP contribution in [0.3, 0.4) is 0 Å². The van der Waals surface area contributed by atoms with Crippen LogP contribution in [0.15, 0.2) is 30.5 Å². The number of rotatable bonds is 7. The van der Waals surface area contributed by atoms with Crippen molar-refractivity contribution in [3.63, 3.8) is 0 Å². The van der Waals surface area contributed by atoms with Gasteiger partial charge in [0.1, 0.15) is 0 Å². The van der Waals surface area contributed by atoms with E-state index in [4.69, 9.17) is 14.2 Å². The van der Waals surface area contributed by atoms with Gasteiger partial charge in [0, 0.05) is 31.0 Å². The zero-order chi connectivity index (χ0) is 21.0. The minimum absolute atomic E-state index is 0.0510. The lowest BCUT2D eigenvalue weighted by Crippen LogP contribution is -2.49. The Morgan fingerprint density at radius 1 is 1.10 bits per heavy atom. The fraction of sp³-hybridized carbons (Fsp3) is 0.500. The summed E-state index contributed by atoms with van der Waals surface area (Å²) in [6, 6.07) is 7.79. The van der Waals surface area contributed by atoms with Crippen LogP contribution in [-0.4, -0.2) is 49.4 Å². The highest BCUT2D eigenvalue weighted by Gasteiger charge is 2.34. The van der Waals surface area contributed by atoms with Gasteiger partial charge in [0.05, 0.1) is 27.4 Å². The van der Waals surface area contributed by atoms with Crippen LogP contribution < -0.4 is 19.5 Å². The predicted molar refractivity (Wildman–Crippen MR) is 112 cm³/mol. The molecule has 0 saturated heterocycles. The van der Waals surface area contributed by atoms with Crippen LogP contribution in [0.4, 0.5) is 4.79 Å². The molecule has 0 radical (unpaired) electrons. The number of ether oxygens (including phenoxy) is 3. The first-order chi connectivity index (χ1) is 14.1. The number of amides is 2. The molecule has 0 aliphatic carbocycles. The number of urea groups is 1. The minimum Gasteiger partial charge on any atom is -0.493 e. The first-order valence-corrected chi connectivity index (χ1v) is 10.1. The van der Waals surface area contributed by atoms with Gasteiger partial charge in [-0.05, 0) is 42.7 Å². The molecule has 1 unspecified atom stereocenters. The Labute approximate surface area is 172 Å². The van der Waals surface area contributed by atoms with Gasteiger partial charge in [0.2, 0.25) is 5.75 Å². The Balaban J connectivity index is 2.06. The molecule has 1 aromatic heterocycles. The van der Waals surface area contributed by atoms with Crippen LogP contribution in [0.2, 0.25) is 0 Å². The number of nitrogens with zero attached hydrogens (tertiary/aromatic N) is 2. The summed E-state index contributed by atoms with van der Waals surface area (Å²) in [6.45, 7) is 5.56. The molecule has 0 spiro atoms. The average Bonchev–Trinajstić information content (AvgIpc) is 3.24. The van der Waals surface area contributed by atoms with Crippen LogP contribution in [0.5, 0.6) is 17.2 Å². The molecule has 2 amide bonds. The van der Waals surface area contributed by atoms with Gasteiger partial charge in [0.15, 0.2) is 11.5 Å². The average molecular weight is 402 g/mol. The van der Waals surface area contributed by atoms with E-state index < -0.39 is 0 Å². The third kappa shape index (κ3) is 3.99. The van der Waals surface area contributed by atoms with Crippen molar-refractivity contribution in [2.45, 2.75) is 45.3 Å². The molecule has 1 atom stereocenters. The van der Waals surface area contributed by atoms with Crippen molar-refractivity contribution in [3.05, 3.63) is 41.7 Å². The molecular formula is C22H31N3O4. The van der Waals surface area contributed by atoms with E-state index in [0.717, 1.165) is 30.6 Å². The topological polar surface area (TPSA) is 65.0 Å². The van der Waals surface area contributed by atoms with Crippen LogP contribution >= 0.6 is 0 Å². The maximum absolute atomic E-state index is 13.2. The fourth-order valence-corrected chi connectivity index (χ4v) is 3.96. The first kappa shape index (κ1) is 20.9. The number of hydrogen-bond acceptors (Lipinski definition) is 4. The van der Waals surface area contributed by atoms with Crippen molar-refractivity contribution in [1.82, 2.24) is 14.8 Å². The smallest absolute Gasteiger partial charge is 0.318 e. The summed E-state index contributed by atoms with van der Waals surface area (Å²) < 4.78 is 18.7. The summed E-state index contributed by atoms with van der Waals surface area (Å²) >= 11 is 0. The Morgan fingerprint density at radius 2 is 1.76 bits per heavy atom. The van der Waals surface area contributed by atoms with E-state index in [1.807, 2.05) is 23.1 Å². The molecule has 2 heterocycles. The molecule has 3 rings (SSSR count). The number of nitrogens with one attached hydrogen (secondary N) is 1. The van der Waals surface area contributed by atoms with E-state index in [9.17, 15) is 4.79 Å². The van der Waals surface area contributed by atoms with Crippen molar-refractivity contribution in [1.29, 1.82) is 0 Å². The molecule has 1 aliphatic rings. The van der Waals surface area contributed by atoms with Gasteiger partial charge >= 0.3 is 6.03 Å². The largest absolute Gasteiger partial charge is 0.493 e. The lowest BCUT2D eigenvalue weighted by atomic mass is 9.99. The molecular weight excluding hydrogens is 370 g/mol. The molecule has 158 valence electrons. The Kier molecular flexibility index (Phi) is 6.56. The third-order valence-corrected chi connectivity index (χ3v) is 5.62. The van der Waals surface area contributed by atoms with E-state index in [-0.39, 0.29) is 18.1 Å². The van der Waals surface area contributed by atoms with Gasteiger partial charge in [-0.15, -0.1) is 0 Å². The van der Waals surface area contributed by atoms with Crippen molar-refractivity contribution < 1.29 is 19.0 Å². The molecule has 2 aromatic rings. The summed E-state index contributed by atoms with van der Waals surface area (Å²) in [7, 11) is 4.78. The number of hydrogen-bond donors (Lipinski definition) is 1. The van der Waals surface area contributed by atoms with Gasteiger partial charge < -0.3 is 29.0 Å². The zero-order valence-electron chi connectivity index (χ0n) is 17.9. The standard InChI is InChI=1S/C22H31N3O4/c1-6-16(7-2)23-22(26)25-12-11-24-10-8-9-17(24)20(25)15-13-18(27-3)21(29-5)19(14-15)28-4/h8-10,13-14,16,20H,6-7,11-12H2,1-5H3,(H,23,26). The Hall–Kier alpha value is -2.83. The van der Waals surface area contributed by atoms with Crippen molar-refractivity contribution in [3.8, 4) is 17.2 Å². The Morgan fingerprint density at radius 3 is 2.31 bits per heavy atom. The highest BCUT2D eigenvalue weighted by atomic mass is 16.5. The molecule has 1 N–H and O–H groups in total. The van der Waals surface area contributed by atoms with Crippen LogP contribution in [0.25, 0.3) is 0 Å². The molecule has 0 bridgehead atoms. The lowest BCUT2D eigenvalue weighted by Gasteiger charge is -2.38. The Bertz CT molecular complexity index is 819. The van der Waals surface area contributed by atoms with E-state index in [1.165, 1.54) is 0 Å². The van der Waals surface area contributed by atoms with Gasteiger partial charge in [-0.2, -0.15) is 0 Å². The highest BCUT2D eigenvalue weighted by Crippen LogP contribution is 2.43. The molecule has 0 saturated carbocycles. The second-order valence-corrected chi connectivity index (χ2v) is 7.14. The van der Waals surface area contributed by atoms with Crippen molar-refractivity contribution in [2.24, 2.45) is 0 Å². The monoisotopic (exact) mass is 401 g/mol. The van der Waals surface area contributed by atoms with E-state index in [1.54, 1.807) is 21.3 Å². The summed E-state index contributed by atoms with van der Waals surface area (Å²) in [4.78, 5) is 15.1. The quantitative estimate of drug-likeness (QED) is 0.766. The first-order valence-electron chi connectivity index (χ1n) is 10.1. The number of benzene rings is 1. The second-order valence-electron chi connectivity index (χ2n) is 7.14. The summed E-state index contributed by atoms with van der Waals surface area (Å²) in [5.41, 5.74) is 1.98. The highest BCUT2D eigenvalue weighted by molar-refractivity contribution is 5.76. The molecule has 7 nitrogen and oxygen atoms in total. The molecule has 29 heavy (non-hydrogen) atoms. The number of carbonyl (C=O) groups excluding carboxylic acids is 1. The maximum atomic E-state index is 13.2. The van der Waals surface area contributed by atoms with E-state index >= 15 is 0 Å². The van der Waals surface area contributed by atoms with Gasteiger partial charge in [0.25, 0.3) is 0 Å². The van der Waals surface area contributed by atoms with Crippen LogP contribution in [0, 0.1) is 0 Å². The van der Waals surface area contributed by atoms with E-state index in [0.29, 0.717) is 23.8 Å². The number of fused-ring (bicyclic) bond motifs is 1. The van der Waals surface area contributed by atoms with E-state index in [2.05, 4.69) is 36.0 Å². The molecule has 0 fully saturated rings. The number of methoxy groups -OCH3 is 3. The number of carbonyl (C=O) groups is 1. The molecule has 1 aromatic carbocycles. The minimum atomic E-state index is -0.248. The van der Waals surface area contributed by atoms with Gasteiger partial charge in [-0.1, -0.05) is 13.8 Å². The van der Waals surface area contributed by atoms with Crippen LogP contribution in [0.1, 0.15) is 44.0 Å². The lowest BCUT2D eigenvalue weighted by molar-refractivity contribution is 0.164. The molecule has 1 aliphatic heterocycles. The maximum Gasteiger partial charge on any atom is 0.318 e. The van der Waals surface area contributed by atoms with Crippen molar-refractivity contribution in [2.75, 3.05) is 27.9 Å². The predicted octanol–water partition coefficient (Wildman–Crippen LogP) is 3.82. The summed E-state index contributed by atoms with van der Waals surface area (Å²) in [5, 5.41) is 3.18. The second kappa shape index (κ2) is 9.11. The SMILES string of the molecule is CCC(CC)NC(=O)N1CCn2cccc2C1c1cc(OC)c(OC)c(OC)c1. The zero-order valence-corrected chi connectivity index (χ0v) is 17.9. The normalized spacial score (nSPS) is 15.8. The fourth-order valence-electron chi connectivity index (χ4n) is 3.96. The van der Waals surface area contributed by atoms with Crippen LogP contribution in [-0.2, 0) is 6.54 Å².